The quantitative estimate of drug-likeness (QED) is 0.786. The topological polar surface area (TPSA) is 79.3 Å². The zero-order chi connectivity index (χ0) is 18.3. The van der Waals surface area contributed by atoms with Crippen molar-refractivity contribution in [3.8, 4) is 11.3 Å². The van der Waals surface area contributed by atoms with Crippen molar-refractivity contribution in [1.29, 1.82) is 0 Å². The number of hydrogen-bond acceptors (Lipinski definition) is 4. The number of nitrogens with zero attached hydrogens (tertiary/aromatic N) is 1. The van der Waals surface area contributed by atoms with E-state index in [0.717, 1.165) is 29.0 Å². The Kier molecular flexibility index (Phi) is 4.36. The van der Waals surface area contributed by atoms with Crippen LogP contribution in [0.3, 0.4) is 0 Å². The van der Waals surface area contributed by atoms with Crippen LogP contribution in [0, 0.1) is 23.7 Å². The molecule has 1 saturated carbocycles. The molecule has 2 aliphatic carbocycles. The fourth-order valence-corrected chi connectivity index (χ4v) is 5.10. The van der Waals surface area contributed by atoms with Crippen molar-refractivity contribution in [2.45, 2.75) is 19.8 Å². The fourth-order valence-electron chi connectivity index (χ4n) is 4.17. The number of carboxylic acids is 1. The summed E-state index contributed by atoms with van der Waals surface area (Å²) in [5.74, 6) is -2.29. The van der Waals surface area contributed by atoms with E-state index in [2.05, 4.69) is 17.2 Å². The second-order valence-electron chi connectivity index (χ2n) is 6.84. The van der Waals surface area contributed by atoms with E-state index < -0.39 is 17.8 Å². The van der Waals surface area contributed by atoms with E-state index in [4.69, 9.17) is 0 Å². The molecule has 0 radical (unpaired) electrons. The highest BCUT2D eigenvalue weighted by Crippen LogP contribution is 2.48. The second-order valence-corrected chi connectivity index (χ2v) is 7.92. The lowest BCUT2D eigenvalue weighted by atomic mass is 9.82. The molecule has 134 valence electrons. The van der Waals surface area contributed by atoms with Gasteiger partial charge in [0.2, 0.25) is 5.91 Å². The fraction of sp³-hybridized carbons (Fsp3) is 0.350. The van der Waals surface area contributed by atoms with E-state index >= 15 is 0 Å². The van der Waals surface area contributed by atoms with Gasteiger partial charge in [0.15, 0.2) is 5.13 Å². The van der Waals surface area contributed by atoms with Crippen LogP contribution in [0.25, 0.3) is 11.3 Å². The van der Waals surface area contributed by atoms with E-state index in [1.165, 1.54) is 11.3 Å². The van der Waals surface area contributed by atoms with Gasteiger partial charge < -0.3 is 10.4 Å². The summed E-state index contributed by atoms with van der Waals surface area (Å²) in [5, 5.41) is 13.0. The van der Waals surface area contributed by atoms with E-state index in [-0.39, 0.29) is 17.7 Å². The number of carbonyl (C=O) groups is 2. The van der Waals surface area contributed by atoms with Crippen LogP contribution in [0.5, 0.6) is 0 Å². The van der Waals surface area contributed by atoms with Crippen LogP contribution in [0.2, 0.25) is 0 Å². The van der Waals surface area contributed by atoms with Gasteiger partial charge in [-0.2, -0.15) is 0 Å². The average Bonchev–Trinajstić information content (AvgIpc) is 3.35. The predicted molar refractivity (Wildman–Crippen MR) is 101 cm³/mol. The smallest absolute Gasteiger partial charge is 0.307 e. The molecular weight excluding hydrogens is 348 g/mol. The number of amides is 1. The minimum Gasteiger partial charge on any atom is -0.481 e. The van der Waals surface area contributed by atoms with Gasteiger partial charge in [0.25, 0.3) is 0 Å². The molecule has 4 rings (SSSR count). The van der Waals surface area contributed by atoms with Crippen LogP contribution >= 0.6 is 11.3 Å². The summed E-state index contributed by atoms with van der Waals surface area (Å²) in [5.41, 5.74) is 1.91. The molecule has 4 atom stereocenters. The lowest BCUT2D eigenvalue weighted by Crippen LogP contribution is -2.36. The third-order valence-corrected chi connectivity index (χ3v) is 6.46. The maximum absolute atomic E-state index is 12.8. The monoisotopic (exact) mass is 368 g/mol. The van der Waals surface area contributed by atoms with Gasteiger partial charge in [-0.3, -0.25) is 9.59 Å². The van der Waals surface area contributed by atoms with Crippen molar-refractivity contribution in [2.24, 2.45) is 23.7 Å². The van der Waals surface area contributed by atoms with Crippen molar-refractivity contribution in [2.75, 3.05) is 5.32 Å². The number of allylic oxidation sites excluding steroid dienone is 2. The zero-order valence-corrected chi connectivity index (χ0v) is 15.2. The van der Waals surface area contributed by atoms with Gasteiger partial charge in [0, 0.05) is 10.4 Å². The van der Waals surface area contributed by atoms with Crippen molar-refractivity contribution in [1.82, 2.24) is 4.98 Å². The van der Waals surface area contributed by atoms with Crippen LogP contribution in [-0.4, -0.2) is 22.0 Å². The summed E-state index contributed by atoms with van der Waals surface area (Å²) in [6.07, 6.45) is 5.51. The Labute approximate surface area is 155 Å². The number of aryl methyl sites for hydroxylation is 1. The Morgan fingerprint density at radius 1 is 1.19 bits per heavy atom. The van der Waals surface area contributed by atoms with E-state index in [1.807, 2.05) is 42.5 Å². The first kappa shape index (κ1) is 17.0. The predicted octanol–water partition coefficient (Wildman–Crippen LogP) is 3.83. The number of benzene rings is 1. The summed E-state index contributed by atoms with van der Waals surface area (Å²) >= 11 is 1.46. The molecule has 2 aliphatic rings. The van der Waals surface area contributed by atoms with Gasteiger partial charge in [-0.1, -0.05) is 49.4 Å². The minimum atomic E-state index is -0.889. The number of hydrogen-bond donors (Lipinski definition) is 2. The van der Waals surface area contributed by atoms with Gasteiger partial charge in [-0.05, 0) is 24.7 Å². The minimum absolute atomic E-state index is 0.0142. The molecule has 1 heterocycles. The third-order valence-electron chi connectivity index (χ3n) is 5.34. The van der Waals surface area contributed by atoms with Crippen LogP contribution in [0.4, 0.5) is 5.13 Å². The Balaban J connectivity index is 1.58. The number of carboxylic acid groups (broad SMARTS) is 1. The molecule has 6 heteroatoms. The SMILES string of the molecule is CCc1sc(NC(=O)C2C3C=CC(C3)C2C(=O)O)nc1-c1ccccc1. The molecule has 2 aromatic rings. The first-order chi connectivity index (χ1) is 12.6. The van der Waals surface area contributed by atoms with E-state index in [0.29, 0.717) is 5.13 Å². The second kappa shape index (κ2) is 6.68. The maximum Gasteiger partial charge on any atom is 0.307 e. The molecule has 4 unspecified atom stereocenters. The highest BCUT2D eigenvalue weighted by atomic mass is 32.1. The summed E-state index contributed by atoms with van der Waals surface area (Å²) in [6, 6.07) is 9.89. The van der Waals surface area contributed by atoms with Crippen LogP contribution in [0.1, 0.15) is 18.2 Å². The van der Waals surface area contributed by atoms with Gasteiger partial charge in [0.1, 0.15) is 0 Å². The number of aromatic nitrogens is 1. The summed E-state index contributed by atoms with van der Waals surface area (Å²) < 4.78 is 0. The molecule has 2 N–H and O–H groups in total. The largest absolute Gasteiger partial charge is 0.481 e. The number of carbonyl (C=O) groups excluding carboxylic acids is 1. The molecule has 1 aromatic carbocycles. The normalized spacial score (nSPS) is 26.2. The van der Waals surface area contributed by atoms with E-state index in [9.17, 15) is 14.7 Å². The van der Waals surface area contributed by atoms with Gasteiger partial charge >= 0.3 is 5.97 Å². The van der Waals surface area contributed by atoms with Crippen molar-refractivity contribution in [3.05, 3.63) is 47.4 Å². The Hall–Kier alpha value is -2.47. The molecule has 2 bridgehead atoms. The molecule has 1 amide bonds. The highest BCUT2D eigenvalue weighted by Gasteiger charge is 2.51. The standard InChI is InChI=1S/C20H20N2O3S/c1-2-14-17(11-6-4-3-5-7-11)21-20(26-14)22-18(23)15-12-8-9-13(10-12)16(15)19(24)25/h3-9,12-13,15-16H,2,10H2,1H3,(H,24,25)(H,21,22,23). The van der Waals surface area contributed by atoms with Crippen molar-refractivity contribution < 1.29 is 14.7 Å². The first-order valence-electron chi connectivity index (χ1n) is 8.85. The van der Waals surface area contributed by atoms with Crippen LogP contribution in [-0.2, 0) is 16.0 Å². The Bertz CT molecular complexity index is 874. The Morgan fingerprint density at radius 3 is 2.54 bits per heavy atom. The molecule has 1 aromatic heterocycles. The molecule has 5 nitrogen and oxygen atoms in total. The number of aliphatic carboxylic acids is 1. The molecule has 1 fully saturated rings. The van der Waals surface area contributed by atoms with E-state index in [1.54, 1.807) is 0 Å². The van der Waals surface area contributed by atoms with Crippen molar-refractivity contribution >= 4 is 28.3 Å². The van der Waals surface area contributed by atoms with Gasteiger partial charge in [-0.25, -0.2) is 4.98 Å². The molecule has 0 aliphatic heterocycles. The third kappa shape index (κ3) is 2.84. The lowest BCUT2D eigenvalue weighted by Gasteiger charge is -2.23. The highest BCUT2D eigenvalue weighted by molar-refractivity contribution is 7.16. The van der Waals surface area contributed by atoms with Crippen molar-refractivity contribution in [3.63, 3.8) is 0 Å². The number of anilines is 1. The average molecular weight is 368 g/mol. The summed E-state index contributed by atoms with van der Waals surface area (Å²) in [6.45, 7) is 2.06. The van der Waals surface area contributed by atoms with Crippen LogP contribution in [0.15, 0.2) is 42.5 Å². The number of fused-ring (bicyclic) bond motifs is 2. The van der Waals surface area contributed by atoms with Crippen LogP contribution < -0.4 is 5.32 Å². The Morgan fingerprint density at radius 2 is 1.88 bits per heavy atom. The first-order valence-corrected chi connectivity index (χ1v) is 9.67. The van der Waals surface area contributed by atoms with Gasteiger partial charge in [-0.15, -0.1) is 11.3 Å². The van der Waals surface area contributed by atoms with Gasteiger partial charge in [0.05, 0.1) is 17.5 Å². The zero-order valence-electron chi connectivity index (χ0n) is 14.4. The number of rotatable bonds is 5. The lowest BCUT2D eigenvalue weighted by molar-refractivity contribution is -0.146. The number of nitrogens with one attached hydrogen (secondary N) is 1. The number of thiazole rings is 1. The molecular formula is C20H20N2O3S. The maximum atomic E-state index is 12.8. The summed E-state index contributed by atoms with van der Waals surface area (Å²) in [7, 11) is 0. The molecule has 26 heavy (non-hydrogen) atoms. The summed E-state index contributed by atoms with van der Waals surface area (Å²) in [4.78, 5) is 30.2. The molecule has 0 saturated heterocycles. The molecule has 0 spiro atoms.